The third-order valence-corrected chi connectivity index (χ3v) is 6.48. The molecule has 2 fully saturated rings. The zero-order chi connectivity index (χ0) is 24.2. The first kappa shape index (κ1) is 23.0. The van der Waals surface area contributed by atoms with Gasteiger partial charge < -0.3 is 19.1 Å². The molecule has 1 aliphatic heterocycles. The number of amides is 2. The highest BCUT2D eigenvalue weighted by atomic mass is 19.1. The molecule has 9 heteroatoms. The number of benzene rings is 1. The summed E-state index contributed by atoms with van der Waals surface area (Å²) in [6.45, 7) is 3.20. The molecule has 2 aliphatic rings. The predicted octanol–water partition coefficient (Wildman–Crippen LogP) is 3.47. The lowest BCUT2D eigenvalue weighted by Gasteiger charge is -2.26. The average molecular weight is 478 g/mol. The fraction of sp³-hybridized carbons (Fsp3) is 0.385. The van der Waals surface area contributed by atoms with E-state index in [1.165, 1.54) is 18.4 Å². The van der Waals surface area contributed by atoms with Crippen LogP contribution < -0.4 is 4.90 Å². The molecule has 35 heavy (non-hydrogen) atoms. The van der Waals surface area contributed by atoms with Crippen LogP contribution in [0.15, 0.2) is 59.2 Å². The molecule has 0 spiro atoms. The van der Waals surface area contributed by atoms with Gasteiger partial charge in [0.2, 0.25) is 5.91 Å². The zero-order valence-corrected chi connectivity index (χ0v) is 19.5. The molecule has 8 nitrogen and oxygen atoms in total. The standard InChI is InChI=1S/C26H28FN5O3/c27-21-8-6-20(7-9-21)22-10-11-24(29-28-22)30-12-2-13-31(15-14-30)25(33)18-32(17-19-4-5-19)26(34)23-3-1-16-35-23/h1,3,6-11,16,19H,2,4-5,12-15,17-18H2. The van der Waals surface area contributed by atoms with Crippen molar-refractivity contribution in [2.24, 2.45) is 5.92 Å². The lowest BCUT2D eigenvalue weighted by Crippen LogP contribution is -2.44. The van der Waals surface area contributed by atoms with Crippen molar-refractivity contribution in [2.75, 3.05) is 44.2 Å². The smallest absolute Gasteiger partial charge is 0.290 e. The molecule has 1 saturated carbocycles. The maximum atomic E-state index is 13.2. The quantitative estimate of drug-likeness (QED) is 0.518. The molecular formula is C26H28FN5O3. The molecule has 1 aromatic carbocycles. The first-order valence-corrected chi connectivity index (χ1v) is 12.0. The van der Waals surface area contributed by atoms with Gasteiger partial charge in [0.25, 0.3) is 5.91 Å². The molecular weight excluding hydrogens is 449 g/mol. The minimum absolute atomic E-state index is 0.0508. The Hall–Kier alpha value is -3.75. The summed E-state index contributed by atoms with van der Waals surface area (Å²) in [7, 11) is 0. The summed E-state index contributed by atoms with van der Waals surface area (Å²) in [6.07, 6.45) is 4.45. The summed E-state index contributed by atoms with van der Waals surface area (Å²) in [5.74, 6) is 0.908. The van der Waals surface area contributed by atoms with E-state index < -0.39 is 0 Å². The van der Waals surface area contributed by atoms with Gasteiger partial charge in [-0.2, -0.15) is 0 Å². The van der Waals surface area contributed by atoms with E-state index in [2.05, 4.69) is 15.1 Å². The van der Waals surface area contributed by atoms with Gasteiger partial charge in [-0.3, -0.25) is 9.59 Å². The summed E-state index contributed by atoms with van der Waals surface area (Å²) < 4.78 is 18.5. The lowest BCUT2D eigenvalue weighted by molar-refractivity contribution is -0.131. The van der Waals surface area contributed by atoms with Crippen LogP contribution in [0.1, 0.15) is 29.8 Å². The van der Waals surface area contributed by atoms with E-state index in [0.717, 1.165) is 37.2 Å². The van der Waals surface area contributed by atoms with Crippen LogP contribution in [0, 0.1) is 11.7 Å². The predicted molar refractivity (Wildman–Crippen MR) is 128 cm³/mol. The van der Waals surface area contributed by atoms with Gasteiger partial charge in [0, 0.05) is 38.3 Å². The van der Waals surface area contributed by atoms with E-state index in [4.69, 9.17) is 4.42 Å². The second-order valence-corrected chi connectivity index (χ2v) is 9.11. The van der Waals surface area contributed by atoms with Crippen molar-refractivity contribution in [3.63, 3.8) is 0 Å². The maximum absolute atomic E-state index is 13.2. The Morgan fingerprint density at radius 1 is 1.00 bits per heavy atom. The van der Waals surface area contributed by atoms with Crippen LogP contribution in [0.4, 0.5) is 10.2 Å². The first-order valence-electron chi connectivity index (χ1n) is 12.0. The molecule has 3 aromatic rings. The summed E-state index contributed by atoms with van der Waals surface area (Å²) in [5, 5.41) is 8.68. The van der Waals surface area contributed by atoms with E-state index in [1.54, 1.807) is 29.2 Å². The molecule has 1 saturated heterocycles. The number of hydrogen-bond donors (Lipinski definition) is 0. The SMILES string of the molecule is O=C(CN(CC1CC1)C(=O)c1ccco1)N1CCCN(c2ccc(-c3ccc(F)cc3)nn2)CC1. The van der Waals surface area contributed by atoms with Crippen LogP contribution >= 0.6 is 0 Å². The third-order valence-electron chi connectivity index (χ3n) is 6.48. The molecule has 0 unspecified atom stereocenters. The van der Waals surface area contributed by atoms with Crippen LogP contribution in [0.25, 0.3) is 11.3 Å². The number of carbonyl (C=O) groups excluding carboxylic acids is 2. The van der Waals surface area contributed by atoms with Crippen LogP contribution in [0.5, 0.6) is 0 Å². The van der Waals surface area contributed by atoms with E-state index in [1.807, 2.05) is 17.0 Å². The van der Waals surface area contributed by atoms with E-state index in [9.17, 15) is 14.0 Å². The number of halogens is 1. The van der Waals surface area contributed by atoms with Gasteiger partial charge in [0.15, 0.2) is 11.6 Å². The summed E-state index contributed by atoms with van der Waals surface area (Å²) in [6, 6.07) is 13.3. The minimum Gasteiger partial charge on any atom is -0.459 e. The molecule has 0 radical (unpaired) electrons. The number of carbonyl (C=O) groups is 2. The summed E-state index contributed by atoms with van der Waals surface area (Å²) in [4.78, 5) is 31.6. The van der Waals surface area contributed by atoms with Crippen LogP contribution in [0.3, 0.4) is 0 Å². The van der Waals surface area contributed by atoms with Crippen molar-refractivity contribution in [3.8, 4) is 11.3 Å². The fourth-order valence-corrected chi connectivity index (χ4v) is 4.32. The summed E-state index contributed by atoms with van der Waals surface area (Å²) in [5.41, 5.74) is 1.48. The van der Waals surface area contributed by atoms with Gasteiger partial charge in [-0.1, -0.05) is 0 Å². The number of furan rings is 1. The molecule has 0 bridgehead atoms. The first-order chi connectivity index (χ1) is 17.1. The van der Waals surface area contributed by atoms with Crippen molar-refractivity contribution in [2.45, 2.75) is 19.3 Å². The second kappa shape index (κ2) is 10.2. The number of hydrogen-bond acceptors (Lipinski definition) is 6. The zero-order valence-electron chi connectivity index (χ0n) is 19.5. The second-order valence-electron chi connectivity index (χ2n) is 9.11. The minimum atomic E-state index is -0.289. The van der Waals surface area contributed by atoms with Gasteiger partial charge in [0.1, 0.15) is 12.4 Å². The number of nitrogens with zero attached hydrogens (tertiary/aromatic N) is 5. The van der Waals surface area contributed by atoms with Gasteiger partial charge in [-0.15, -0.1) is 10.2 Å². The lowest BCUT2D eigenvalue weighted by atomic mass is 10.1. The Labute approximate surface area is 203 Å². The Bertz CT molecular complexity index is 1150. The normalized spacial score (nSPS) is 16.1. The van der Waals surface area contributed by atoms with Gasteiger partial charge in [-0.05, 0) is 73.7 Å². The van der Waals surface area contributed by atoms with Crippen LogP contribution in [0.2, 0.25) is 0 Å². The largest absolute Gasteiger partial charge is 0.459 e. The monoisotopic (exact) mass is 477 g/mol. The van der Waals surface area contributed by atoms with E-state index >= 15 is 0 Å². The number of rotatable bonds is 7. The molecule has 2 amide bonds. The van der Waals surface area contributed by atoms with Crippen molar-refractivity contribution < 1.29 is 18.4 Å². The Kier molecular flexibility index (Phi) is 6.74. The van der Waals surface area contributed by atoms with Crippen molar-refractivity contribution in [3.05, 3.63) is 66.4 Å². The molecule has 2 aromatic heterocycles. The Morgan fingerprint density at radius 3 is 2.51 bits per heavy atom. The maximum Gasteiger partial charge on any atom is 0.290 e. The van der Waals surface area contributed by atoms with E-state index in [-0.39, 0.29) is 29.9 Å². The van der Waals surface area contributed by atoms with Gasteiger partial charge >= 0.3 is 0 Å². The molecule has 182 valence electrons. The summed E-state index contributed by atoms with van der Waals surface area (Å²) >= 11 is 0. The number of aromatic nitrogens is 2. The van der Waals surface area contributed by atoms with Crippen LogP contribution in [-0.4, -0.2) is 71.1 Å². The van der Waals surface area contributed by atoms with Gasteiger partial charge in [0.05, 0.1) is 12.0 Å². The van der Waals surface area contributed by atoms with Crippen molar-refractivity contribution >= 4 is 17.6 Å². The highest BCUT2D eigenvalue weighted by Gasteiger charge is 2.31. The Balaban J connectivity index is 1.19. The topological polar surface area (TPSA) is 82.8 Å². The van der Waals surface area contributed by atoms with Crippen molar-refractivity contribution in [1.29, 1.82) is 0 Å². The fourth-order valence-electron chi connectivity index (χ4n) is 4.32. The average Bonchev–Trinajstić information content (AvgIpc) is 3.60. The Morgan fingerprint density at radius 2 is 1.83 bits per heavy atom. The van der Waals surface area contributed by atoms with Crippen molar-refractivity contribution in [1.82, 2.24) is 20.0 Å². The molecule has 3 heterocycles. The highest BCUT2D eigenvalue weighted by Crippen LogP contribution is 2.30. The molecule has 5 rings (SSSR count). The van der Waals surface area contributed by atoms with E-state index in [0.29, 0.717) is 37.8 Å². The van der Waals surface area contributed by atoms with Gasteiger partial charge in [-0.25, -0.2) is 4.39 Å². The molecule has 0 atom stereocenters. The number of anilines is 1. The van der Waals surface area contributed by atoms with Crippen LogP contribution in [-0.2, 0) is 4.79 Å². The molecule has 1 aliphatic carbocycles. The highest BCUT2D eigenvalue weighted by molar-refractivity contribution is 5.94. The molecule has 0 N–H and O–H groups in total. The third kappa shape index (κ3) is 5.67.